The summed E-state index contributed by atoms with van der Waals surface area (Å²) >= 11 is 3.31. The first-order valence-corrected chi connectivity index (χ1v) is 7.22. The average molecular weight is 359 g/mol. The van der Waals surface area contributed by atoms with Gasteiger partial charge in [-0.1, -0.05) is 22.0 Å². The third-order valence-electron chi connectivity index (χ3n) is 3.42. The summed E-state index contributed by atoms with van der Waals surface area (Å²) in [6.07, 6.45) is 1.63. The molecule has 0 aliphatic heterocycles. The summed E-state index contributed by atoms with van der Waals surface area (Å²) in [6, 6.07) is 11.9. The number of ketones is 1. The molecule has 0 saturated carbocycles. The van der Waals surface area contributed by atoms with Gasteiger partial charge < -0.3 is 15.2 Å². The number of halogens is 1. The summed E-state index contributed by atoms with van der Waals surface area (Å²) < 4.78 is 2.37. The number of nitrogens with two attached hydrogens (primary N) is 1. The van der Waals surface area contributed by atoms with Gasteiger partial charge in [-0.05, 0) is 36.4 Å². The minimum Gasteiger partial charge on any atom is -0.478 e. The van der Waals surface area contributed by atoms with Crippen LogP contribution in [0, 0.1) is 0 Å². The van der Waals surface area contributed by atoms with Crippen molar-refractivity contribution in [1.29, 1.82) is 0 Å². The van der Waals surface area contributed by atoms with Gasteiger partial charge in [-0.3, -0.25) is 4.79 Å². The van der Waals surface area contributed by atoms with Crippen LogP contribution in [0.5, 0.6) is 0 Å². The van der Waals surface area contributed by atoms with Gasteiger partial charge in [0.2, 0.25) is 5.78 Å². The highest BCUT2D eigenvalue weighted by Crippen LogP contribution is 2.28. The van der Waals surface area contributed by atoms with Gasteiger partial charge >= 0.3 is 5.97 Å². The second kappa shape index (κ2) is 5.31. The number of aromatic carboxylic acids is 1. The molecule has 0 aliphatic carbocycles. The number of carboxylic acid groups (broad SMARTS) is 1. The molecule has 0 saturated heterocycles. The maximum Gasteiger partial charge on any atom is 0.340 e. The molecule has 3 aromatic rings. The molecule has 5 nitrogen and oxygen atoms in total. The van der Waals surface area contributed by atoms with Crippen molar-refractivity contribution in [2.45, 2.75) is 0 Å². The van der Waals surface area contributed by atoms with E-state index in [0.717, 1.165) is 4.47 Å². The SMILES string of the molecule is Nc1c(C(=O)O)c2ccccn2c1C(=O)c1ccc(Br)cc1. The first kappa shape index (κ1) is 14.3. The van der Waals surface area contributed by atoms with E-state index in [2.05, 4.69) is 15.9 Å². The zero-order valence-electron chi connectivity index (χ0n) is 11.3. The topological polar surface area (TPSA) is 84.8 Å². The molecule has 0 atom stereocenters. The molecule has 0 radical (unpaired) electrons. The Morgan fingerprint density at radius 2 is 1.77 bits per heavy atom. The highest BCUT2D eigenvalue weighted by molar-refractivity contribution is 9.10. The Morgan fingerprint density at radius 1 is 1.09 bits per heavy atom. The van der Waals surface area contributed by atoms with E-state index in [1.54, 1.807) is 48.7 Å². The lowest BCUT2D eigenvalue weighted by Gasteiger charge is -2.04. The van der Waals surface area contributed by atoms with Crippen LogP contribution in [0.15, 0.2) is 53.1 Å². The fraction of sp³-hybridized carbons (Fsp3) is 0. The molecule has 3 rings (SSSR count). The van der Waals surface area contributed by atoms with Crippen LogP contribution >= 0.6 is 15.9 Å². The van der Waals surface area contributed by atoms with Crippen LogP contribution in [0.4, 0.5) is 5.69 Å². The highest BCUT2D eigenvalue weighted by atomic mass is 79.9. The molecule has 6 heteroatoms. The van der Waals surface area contributed by atoms with Crippen LogP contribution < -0.4 is 5.73 Å². The molecule has 2 heterocycles. The van der Waals surface area contributed by atoms with Crippen molar-refractivity contribution in [2.75, 3.05) is 5.73 Å². The average Bonchev–Trinajstić information content (AvgIpc) is 2.79. The smallest absolute Gasteiger partial charge is 0.340 e. The molecule has 0 spiro atoms. The Kier molecular flexibility index (Phi) is 3.46. The van der Waals surface area contributed by atoms with Gasteiger partial charge in [-0.2, -0.15) is 0 Å². The predicted octanol–water partition coefficient (Wildman–Crippen LogP) is 3.21. The van der Waals surface area contributed by atoms with E-state index in [1.165, 1.54) is 4.40 Å². The number of carboxylic acids is 1. The molecule has 1 aromatic carbocycles. The van der Waals surface area contributed by atoms with Gasteiger partial charge in [0.05, 0.1) is 11.2 Å². The lowest BCUT2D eigenvalue weighted by molar-refractivity contribution is 0.0700. The monoisotopic (exact) mass is 358 g/mol. The van der Waals surface area contributed by atoms with Gasteiger partial charge in [-0.25, -0.2) is 4.79 Å². The fourth-order valence-electron chi connectivity index (χ4n) is 2.42. The Bertz CT molecular complexity index is 898. The quantitative estimate of drug-likeness (QED) is 0.704. The Hall–Kier alpha value is -2.60. The van der Waals surface area contributed by atoms with Crippen molar-refractivity contribution in [3.8, 4) is 0 Å². The molecular formula is C16H11BrN2O3. The summed E-state index contributed by atoms with van der Waals surface area (Å²) in [5.74, 6) is -1.48. The molecule has 0 amide bonds. The number of benzene rings is 1. The molecule has 22 heavy (non-hydrogen) atoms. The maximum atomic E-state index is 12.7. The molecule has 3 N–H and O–H groups in total. The van der Waals surface area contributed by atoms with Crippen molar-refractivity contribution < 1.29 is 14.7 Å². The summed E-state index contributed by atoms with van der Waals surface area (Å²) in [7, 11) is 0. The van der Waals surface area contributed by atoms with E-state index in [4.69, 9.17) is 5.73 Å². The van der Waals surface area contributed by atoms with E-state index >= 15 is 0 Å². The standard InChI is InChI=1S/C16H11BrN2O3/c17-10-6-4-9(5-7-10)15(20)14-13(18)12(16(21)22)11-3-1-2-8-19(11)14/h1-8H,18H2,(H,21,22). The summed E-state index contributed by atoms with van der Waals surface area (Å²) in [6.45, 7) is 0. The summed E-state index contributed by atoms with van der Waals surface area (Å²) in [5, 5.41) is 9.35. The number of hydrogen-bond acceptors (Lipinski definition) is 3. The second-order valence-corrected chi connectivity index (χ2v) is 5.65. The predicted molar refractivity (Wildman–Crippen MR) is 86.3 cm³/mol. The minimum absolute atomic E-state index is 0.0216. The second-order valence-electron chi connectivity index (χ2n) is 4.73. The number of rotatable bonds is 3. The summed E-state index contributed by atoms with van der Waals surface area (Å²) in [5.41, 5.74) is 6.88. The Morgan fingerprint density at radius 3 is 2.41 bits per heavy atom. The number of anilines is 1. The van der Waals surface area contributed by atoms with Crippen molar-refractivity contribution in [3.63, 3.8) is 0 Å². The highest BCUT2D eigenvalue weighted by Gasteiger charge is 2.25. The van der Waals surface area contributed by atoms with E-state index < -0.39 is 5.97 Å². The van der Waals surface area contributed by atoms with Crippen LogP contribution in [0.3, 0.4) is 0 Å². The van der Waals surface area contributed by atoms with Crippen LogP contribution in [0.25, 0.3) is 5.52 Å². The van der Waals surface area contributed by atoms with E-state index in [0.29, 0.717) is 11.1 Å². The number of fused-ring (bicyclic) bond motifs is 1. The van der Waals surface area contributed by atoms with E-state index in [1.807, 2.05) is 0 Å². The first-order chi connectivity index (χ1) is 10.5. The molecule has 110 valence electrons. The van der Waals surface area contributed by atoms with Crippen molar-refractivity contribution >= 4 is 38.9 Å². The van der Waals surface area contributed by atoms with Crippen molar-refractivity contribution in [2.24, 2.45) is 0 Å². The lowest BCUT2D eigenvalue weighted by Crippen LogP contribution is -2.08. The van der Waals surface area contributed by atoms with Crippen LogP contribution in [0.2, 0.25) is 0 Å². The van der Waals surface area contributed by atoms with Gasteiger partial charge in [0, 0.05) is 16.2 Å². The lowest BCUT2D eigenvalue weighted by atomic mass is 10.1. The van der Waals surface area contributed by atoms with Crippen LogP contribution in [-0.4, -0.2) is 21.3 Å². The number of pyridine rings is 1. The number of carbonyl (C=O) groups excluding carboxylic acids is 1. The maximum absolute atomic E-state index is 12.7. The number of carbonyl (C=O) groups is 2. The zero-order valence-corrected chi connectivity index (χ0v) is 12.9. The van der Waals surface area contributed by atoms with Crippen LogP contribution in [-0.2, 0) is 0 Å². The zero-order chi connectivity index (χ0) is 15.9. The normalized spacial score (nSPS) is 10.8. The summed E-state index contributed by atoms with van der Waals surface area (Å²) in [4.78, 5) is 24.2. The van der Waals surface area contributed by atoms with Gasteiger partial charge in [0.25, 0.3) is 0 Å². The van der Waals surface area contributed by atoms with Gasteiger partial charge in [0.1, 0.15) is 11.3 Å². The Balaban J connectivity index is 2.27. The molecule has 0 fully saturated rings. The number of hydrogen-bond donors (Lipinski definition) is 2. The van der Waals surface area contributed by atoms with Crippen LogP contribution in [0.1, 0.15) is 26.4 Å². The molecule has 0 unspecified atom stereocenters. The van der Waals surface area contributed by atoms with E-state index in [-0.39, 0.29) is 22.7 Å². The largest absolute Gasteiger partial charge is 0.478 e. The van der Waals surface area contributed by atoms with Crippen molar-refractivity contribution in [3.05, 3.63) is 70.0 Å². The van der Waals surface area contributed by atoms with Gasteiger partial charge in [-0.15, -0.1) is 0 Å². The van der Waals surface area contributed by atoms with E-state index in [9.17, 15) is 14.7 Å². The molecule has 2 aromatic heterocycles. The molecule has 0 bridgehead atoms. The molecular weight excluding hydrogens is 348 g/mol. The molecule has 0 aliphatic rings. The fourth-order valence-corrected chi connectivity index (χ4v) is 2.69. The number of nitrogen functional groups attached to an aromatic ring is 1. The Labute approximate surface area is 134 Å². The third-order valence-corrected chi connectivity index (χ3v) is 3.95. The van der Waals surface area contributed by atoms with Crippen molar-refractivity contribution in [1.82, 2.24) is 4.40 Å². The minimum atomic E-state index is -1.16. The number of aromatic nitrogens is 1. The first-order valence-electron chi connectivity index (χ1n) is 6.42. The third kappa shape index (κ3) is 2.17. The number of nitrogens with zero attached hydrogens (tertiary/aromatic N) is 1. The van der Waals surface area contributed by atoms with Gasteiger partial charge in [0.15, 0.2) is 0 Å².